The lowest BCUT2D eigenvalue weighted by molar-refractivity contribution is 0.588. The molecule has 4 heterocycles. The minimum absolute atomic E-state index is 0.334. The van der Waals surface area contributed by atoms with Crippen molar-refractivity contribution in [3.63, 3.8) is 0 Å². The van der Waals surface area contributed by atoms with Crippen LogP contribution in [0, 0.1) is 0 Å². The number of halogens is 2. The summed E-state index contributed by atoms with van der Waals surface area (Å²) >= 11 is 8.87. The monoisotopic (exact) mass is 582 g/mol. The molecular weight excluding hydrogens is 572 g/mol. The molecule has 4 rings (SSSR count). The fraction of sp³-hybridized carbons (Fsp3) is 0. The fourth-order valence-electron chi connectivity index (χ4n) is 2.04. The van der Waals surface area contributed by atoms with Gasteiger partial charge in [0.15, 0.2) is 0 Å². The van der Waals surface area contributed by atoms with Crippen LogP contribution < -0.4 is 0 Å². The van der Waals surface area contributed by atoms with Crippen molar-refractivity contribution in [1.29, 1.82) is 0 Å². The molecule has 0 radical (unpaired) electrons. The summed E-state index contributed by atoms with van der Waals surface area (Å²) in [5, 5.41) is 0. The van der Waals surface area contributed by atoms with Gasteiger partial charge in [-0.3, -0.25) is 0 Å². The van der Waals surface area contributed by atoms with Gasteiger partial charge in [0.25, 0.3) is 20.0 Å². The molecule has 0 saturated heterocycles. The second kappa shape index (κ2) is 8.67. The summed E-state index contributed by atoms with van der Waals surface area (Å²) in [6, 6.07) is 13.3. The van der Waals surface area contributed by atoms with Gasteiger partial charge in [-0.15, -0.1) is 22.7 Å². The van der Waals surface area contributed by atoms with Crippen molar-refractivity contribution in [3.8, 4) is 0 Å². The SMILES string of the molecule is O=S(=O)(c1ccc(Br)s1)n1cccc1.O=S(=O)(c1ccc(Br)s1)n1cccc1. The van der Waals surface area contributed by atoms with E-state index in [-0.39, 0.29) is 0 Å². The van der Waals surface area contributed by atoms with Gasteiger partial charge in [0.05, 0.1) is 7.57 Å². The normalized spacial score (nSPS) is 11.8. The van der Waals surface area contributed by atoms with Crippen LogP contribution in [0.4, 0.5) is 0 Å². The van der Waals surface area contributed by atoms with E-state index in [0.717, 1.165) is 7.57 Å². The third-order valence-electron chi connectivity index (χ3n) is 3.31. The molecule has 0 amide bonds. The molecule has 0 spiro atoms. The van der Waals surface area contributed by atoms with Crippen molar-refractivity contribution in [2.75, 3.05) is 0 Å². The van der Waals surface area contributed by atoms with Crippen molar-refractivity contribution in [3.05, 3.63) is 80.9 Å². The van der Waals surface area contributed by atoms with Crippen molar-refractivity contribution < 1.29 is 16.8 Å². The topological polar surface area (TPSA) is 78.1 Å². The van der Waals surface area contributed by atoms with E-state index in [1.165, 1.54) is 55.4 Å². The van der Waals surface area contributed by atoms with E-state index in [0.29, 0.717) is 8.42 Å². The van der Waals surface area contributed by atoms with Crippen LogP contribution >= 0.6 is 54.5 Å². The molecule has 0 aromatic carbocycles. The molecule has 6 nitrogen and oxygen atoms in total. The number of aromatic nitrogens is 2. The summed E-state index contributed by atoms with van der Waals surface area (Å²) in [7, 11) is -6.74. The van der Waals surface area contributed by atoms with E-state index >= 15 is 0 Å². The summed E-state index contributed by atoms with van der Waals surface area (Å²) in [6.45, 7) is 0. The maximum absolute atomic E-state index is 11.9. The molecule has 0 aliphatic heterocycles. The first-order valence-corrected chi connectivity index (χ1v) is 13.6. The Balaban J connectivity index is 0.000000161. The van der Waals surface area contributed by atoms with Gasteiger partial charge in [-0.1, -0.05) is 0 Å². The Morgan fingerprint density at radius 3 is 1.18 bits per heavy atom. The van der Waals surface area contributed by atoms with Gasteiger partial charge in [-0.05, 0) is 80.4 Å². The van der Waals surface area contributed by atoms with Gasteiger partial charge < -0.3 is 0 Å². The van der Waals surface area contributed by atoms with Crippen molar-refractivity contribution in [2.45, 2.75) is 8.42 Å². The summed E-state index contributed by atoms with van der Waals surface area (Å²) in [5.74, 6) is 0. The van der Waals surface area contributed by atoms with Gasteiger partial charge in [0.2, 0.25) is 0 Å². The van der Waals surface area contributed by atoms with Gasteiger partial charge in [0, 0.05) is 24.8 Å². The maximum Gasteiger partial charge on any atom is 0.277 e. The Kier molecular flexibility index (Phi) is 6.67. The van der Waals surface area contributed by atoms with E-state index in [4.69, 9.17) is 0 Å². The summed E-state index contributed by atoms with van der Waals surface area (Å²) in [6.07, 6.45) is 6.07. The van der Waals surface area contributed by atoms with Gasteiger partial charge in [-0.2, -0.15) is 16.8 Å². The predicted octanol–water partition coefficient (Wildman–Crippen LogP) is 5.10. The third kappa shape index (κ3) is 4.69. The highest BCUT2D eigenvalue weighted by Gasteiger charge is 2.18. The second-order valence-electron chi connectivity index (χ2n) is 5.15. The third-order valence-corrected chi connectivity index (χ3v) is 10.8. The van der Waals surface area contributed by atoms with Crippen LogP contribution in [0.1, 0.15) is 0 Å². The van der Waals surface area contributed by atoms with E-state index in [2.05, 4.69) is 31.9 Å². The first-order chi connectivity index (χ1) is 13.2. The quantitative estimate of drug-likeness (QED) is 0.335. The Labute approximate surface area is 187 Å². The largest absolute Gasteiger partial charge is 0.277 e. The zero-order valence-electron chi connectivity index (χ0n) is 13.8. The average molecular weight is 584 g/mol. The van der Waals surface area contributed by atoms with Crippen LogP contribution in [0.2, 0.25) is 0 Å². The van der Waals surface area contributed by atoms with E-state index in [9.17, 15) is 16.8 Å². The zero-order chi connectivity index (χ0) is 20.4. The molecule has 0 atom stereocenters. The summed E-state index contributed by atoms with van der Waals surface area (Å²) < 4.78 is 52.1. The lowest BCUT2D eigenvalue weighted by atomic mass is 10.7. The first-order valence-electron chi connectivity index (χ1n) is 7.49. The zero-order valence-corrected chi connectivity index (χ0v) is 20.3. The Morgan fingerprint density at radius 1 is 0.607 bits per heavy atom. The molecule has 0 saturated carbocycles. The minimum atomic E-state index is -3.37. The first kappa shape index (κ1) is 21.5. The molecule has 4 aromatic heterocycles. The molecule has 0 aliphatic carbocycles. The van der Waals surface area contributed by atoms with E-state index in [1.807, 2.05) is 0 Å². The van der Waals surface area contributed by atoms with Crippen molar-refractivity contribution >= 4 is 74.6 Å². The maximum atomic E-state index is 11.9. The molecule has 0 bridgehead atoms. The average Bonchev–Trinajstić information content (AvgIpc) is 3.42. The Hall–Kier alpha value is -1.18. The van der Waals surface area contributed by atoms with E-state index in [1.54, 1.807) is 48.5 Å². The van der Waals surface area contributed by atoms with Gasteiger partial charge in [-0.25, -0.2) is 7.94 Å². The minimum Gasteiger partial charge on any atom is -0.248 e. The molecule has 0 unspecified atom stereocenters. The van der Waals surface area contributed by atoms with Gasteiger partial charge >= 0.3 is 0 Å². The molecule has 28 heavy (non-hydrogen) atoms. The van der Waals surface area contributed by atoms with Crippen LogP contribution in [0.3, 0.4) is 0 Å². The highest BCUT2D eigenvalue weighted by molar-refractivity contribution is 9.11. The van der Waals surface area contributed by atoms with Crippen molar-refractivity contribution in [2.24, 2.45) is 0 Å². The smallest absolute Gasteiger partial charge is 0.248 e. The lowest BCUT2D eigenvalue weighted by Gasteiger charge is -2.01. The molecular formula is C16H12Br2N2O4S4. The van der Waals surface area contributed by atoms with Crippen LogP contribution in [-0.2, 0) is 20.0 Å². The van der Waals surface area contributed by atoms with Crippen LogP contribution in [0.25, 0.3) is 0 Å². The van der Waals surface area contributed by atoms with Crippen molar-refractivity contribution in [1.82, 2.24) is 7.94 Å². The number of nitrogens with zero attached hydrogens (tertiary/aromatic N) is 2. The second-order valence-corrected chi connectivity index (χ2v) is 14.2. The van der Waals surface area contributed by atoms with E-state index < -0.39 is 20.0 Å². The number of rotatable bonds is 4. The molecule has 12 heteroatoms. The molecule has 0 fully saturated rings. The highest BCUT2D eigenvalue weighted by Crippen LogP contribution is 2.28. The predicted molar refractivity (Wildman–Crippen MR) is 118 cm³/mol. The number of thiophene rings is 2. The molecule has 0 N–H and O–H groups in total. The lowest BCUT2D eigenvalue weighted by Crippen LogP contribution is -2.08. The van der Waals surface area contributed by atoms with Crippen LogP contribution in [-0.4, -0.2) is 24.8 Å². The molecule has 148 valence electrons. The fourth-order valence-corrected chi connectivity index (χ4v) is 8.64. The van der Waals surface area contributed by atoms with Crippen LogP contribution in [0.5, 0.6) is 0 Å². The summed E-state index contributed by atoms with van der Waals surface area (Å²) in [5.41, 5.74) is 0. The molecule has 0 aliphatic rings. The number of hydrogen-bond acceptors (Lipinski definition) is 6. The summed E-state index contributed by atoms with van der Waals surface area (Å²) in [4.78, 5) is 0. The number of hydrogen-bond donors (Lipinski definition) is 0. The van der Waals surface area contributed by atoms with Gasteiger partial charge in [0.1, 0.15) is 8.42 Å². The highest BCUT2D eigenvalue weighted by atomic mass is 79.9. The molecule has 4 aromatic rings. The van der Waals surface area contributed by atoms with Crippen LogP contribution in [0.15, 0.2) is 89.3 Å². The standard InChI is InChI=1S/2C8H6BrNO2S2/c2*9-7-3-4-8(13-7)14(11,12)10-5-1-2-6-10/h2*1-6H. The Bertz CT molecular complexity index is 1160. The Morgan fingerprint density at radius 2 is 0.929 bits per heavy atom.